The number of nitrogens with one attached hydrogen (secondary N) is 2. The molecule has 2 N–H and O–H groups in total. The van der Waals surface area contributed by atoms with E-state index in [1.807, 2.05) is 0 Å². The van der Waals surface area contributed by atoms with Crippen LogP contribution < -0.4 is 10.6 Å². The van der Waals surface area contributed by atoms with E-state index in [1.165, 1.54) is 0 Å². The van der Waals surface area contributed by atoms with Gasteiger partial charge in [0.1, 0.15) is 6.54 Å². The van der Waals surface area contributed by atoms with Crippen LogP contribution in [0.5, 0.6) is 0 Å². The van der Waals surface area contributed by atoms with E-state index in [1.54, 1.807) is 19.0 Å². The van der Waals surface area contributed by atoms with Gasteiger partial charge < -0.3 is 29.7 Å². The molecule has 2 saturated heterocycles. The van der Waals surface area contributed by atoms with Crippen LogP contribution in [0.1, 0.15) is 12.8 Å². The fourth-order valence-corrected chi connectivity index (χ4v) is 2.97. The van der Waals surface area contributed by atoms with E-state index in [4.69, 9.17) is 14.2 Å². The highest BCUT2D eigenvalue weighted by Crippen LogP contribution is 2.12. The molecule has 1 unspecified atom stereocenters. The predicted molar refractivity (Wildman–Crippen MR) is 124 cm³/mol. The Kier molecular flexibility index (Phi) is 14.6. The van der Waals surface area contributed by atoms with E-state index >= 15 is 0 Å². The summed E-state index contributed by atoms with van der Waals surface area (Å²) >= 11 is 0. The Hall–Kier alpha value is -0.690. The summed E-state index contributed by atoms with van der Waals surface area (Å²) in [7, 11) is 3.48. The topological polar surface area (TPSA) is 87.7 Å². The van der Waals surface area contributed by atoms with Crippen molar-refractivity contribution in [1.29, 1.82) is 0 Å². The fraction of sp³-hybridized carbons (Fsp3) is 0.895. The molecule has 0 aromatic rings. The van der Waals surface area contributed by atoms with Gasteiger partial charge in [-0.25, -0.2) is 4.99 Å². The zero-order valence-electron chi connectivity index (χ0n) is 17.9. The quantitative estimate of drug-likeness (QED) is 0.169. The first-order chi connectivity index (χ1) is 13.6. The largest absolute Gasteiger partial charge is 0.381 e. The molecule has 29 heavy (non-hydrogen) atoms. The second kappa shape index (κ2) is 16.1. The Morgan fingerprint density at radius 1 is 1.17 bits per heavy atom. The van der Waals surface area contributed by atoms with Gasteiger partial charge in [-0.05, 0) is 12.8 Å². The molecule has 2 heterocycles. The van der Waals surface area contributed by atoms with Gasteiger partial charge in [0.05, 0.1) is 26.4 Å². The maximum atomic E-state index is 11.8. The Morgan fingerprint density at radius 2 is 1.93 bits per heavy atom. The van der Waals surface area contributed by atoms with Gasteiger partial charge in [-0.3, -0.25) is 9.69 Å². The molecule has 2 fully saturated rings. The lowest BCUT2D eigenvalue weighted by molar-refractivity contribution is -0.127. The number of nitrogens with zero attached hydrogens (tertiary/aromatic N) is 3. The van der Waals surface area contributed by atoms with Gasteiger partial charge in [-0.2, -0.15) is 0 Å². The van der Waals surface area contributed by atoms with Crippen LogP contribution >= 0.6 is 24.0 Å². The highest BCUT2D eigenvalue weighted by molar-refractivity contribution is 14.0. The number of hydrogen-bond acceptors (Lipinski definition) is 6. The van der Waals surface area contributed by atoms with Crippen molar-refractivity contribution in [3.8, 4) is 0 Å². The molecule has 2 aliphatic heterocycles. The number of morpholine rings is 1. The SMILES string of the molecule is CN(C)C(=O)CN=C(NCCCOCC1CCOC1)NCCN1CCOCC1.I. The number of likely N-dealkylation sites (N-methyl/N-ethyl adjacent to an activating group) is 1. The number of ether oxygens (including phenoxy) is 3. The van der Waals surface area contributed by atoms with Crippen molar-refractivity contribution in [1.82, 2.24) is 20.4 Å². The zero-order chi connectivity index (χ0) is 20.0. The summed E-state index contributed by atoms with van der Waals surface area (Å²) < 4.78 is 16.5. The number of amides is 1. The highest BCUT2D eigenvalue weighted by Gasteiger charge is 2.15. The molecule has 2 aliphatic rings. The number of hydrogen-bond donors (Lipinski definition) is 2. The molecule has 170 valence electrons. The van der Waals surface area contributed by atoms with Crippen LogP contribution in [-0.2, 0) is 19.0 Å². The summed E-state index contributed by atoms with van der Waals surface area (Å²) in [6.07, 6.45) is 1.99. The zero-order valence-corrected chi connectivity index (χ0v) is 20.2. The molecule has 0 saturated carbocycles. The molecule has 2 rings (SSSR count). The Bertz CT molecular complexity index is 470. The maximum absolute atomic E-state index is 11.8. The van der Waals surface area contributed by atoms with Gasteiger partial charge in [0.15, 0.2) is 5.96 Å². The predicted octanol–water partition coefficient (Wildman–Crippen LogP) is 0.00320. The van der Waals surface area contributed by atoms with Crippen LogP contribution in [0.15, 0.2) is 4.99 Å². The van der Waals surface area contributed by atoms with Gasteiger partial charge in [-0.15, -0.1) is 24.0 Å². The van der Waals surface area contributed by atoms with Gasteiger partial charge >= 0.3 is 0 Å². The minimum absolute atomic E-state index is 0. The Morgan fingerprint density at radius 3 is 2.62 bits per heavy atom. The van der Waals surface area contributed by atoms with Crippen LogP contribution in [0.25, 0.3) is 0 Å². The third-order valence-electron chi connectivity index (χ3n) is 4.83. The first kappa shape index (κ1) is 26.3. The van der Waals surface area contributed by atoms with E-state index in [0.29, 0.717) is 18.5 Å². The van der Waals surface area contributed by atoms with Crippen molar-refractivity contribution in [2.45, 2.75) is 12.8 Å². The smallest absolute Gasteiger partial charge is 0.243 e. The molecular formula is C19H38IN5O4. The second-order valence-electron chi connectivity index (χ2n) is 7.42. The van der Waals surface area contributed by atoms with E-state index in [0.717, 1.165) is 78.6 Å². The normalized spacial score (nSPS) is 20.2. The monoisotopic (exact) mass is 527 g/mol. The molecule has 9 nitrogen and oxygen atoms in total. The number of aliphatic imine (C=N–C) groups is 1. The number of carbonyl (C=O) groups is 1. The van der Waals surface area contributed by atoms with Crippen molar-refractivity contribution in [2.24, 2.45) is 10.9 Å². The lowest BCUT2D eigenvalue weighted by Gasteiger charge is -2.26. The van der Waals surface area contributed by atoms with Crippen LogP contribution in [0, 0.1) is 5.92 Å². The molecule has 0 aromatic carbocycles. The molecule has 0 aromatic heterocycles. The van der Waals surface area contributed by atoms with Crippen molar-refractivity contribution in [2.75, 3.05) is 93.0 Å². The van der Waals surface area contributed by atoms with Gasteiger partial charge in [0.25, 0.3) is 0 Å². The van der Waals surface area contributed by atoms with Crippen molar-refractivity contribution >= 4 is 35.8 Å². The lowest BCUT2D eigenvalue weighted by Crippen LogP contribution is -2.45. The average Bonchev–Trinajstić information content (AvgIpc) is 3.22. The van der Waals surface area contributed by atoms with Crippen molar-refractivity contribution < 1.29 is 19.0 Å². The molecule has 1 amide bonds. The van der Waals surface area contributed by atoms with Crippen LogP contribution in [0.3, 0.4) is 0 Å². The minimum Gasteiger partial charge on any atom is -0.381 e. The number of guanidine groups is 1. The van der Waals surface area contributed by atoms with Crippen molar-refractivity contribution in [3.63, 3.8) is 0 Å². The maximum Gasteiger partial charge on any atom is 0.243 e. The Balaban J connectivity index is 0.00000420. The van der Waals surface area contributed by atoms with Crippen LogP contribution in [-0.4, -0.2) is 115 Å². The molecule has 1 atom stereocenters. The van der Waals surface area contributed by atoms with Gasteiger partial charge in [-0.1, -0.05) is 0 Å². The van der Waals surface area contributed by atoms with Crippen LogP contribution in [0.2, 0.25) is 0 Å². The summed E-state index contributed by atoms with van der Waals surface area (Å²) in [5, 5.41) is 6.63. The molecule has 0 spiro atoms. The van der Waals surface area contributed by atoms with Crippen LogP contribution in [0.4, 0.5) is 0 Å². The third kappa shape index (κ3) is 11.9. The Labute approximate surface area is 191 Å². The minimum atomic E-state index is -0.0172. The first-order valence-corrected chi connectivity index (χ1v) is 10.3. The van der Waals surface area contributed by atoms with E-state index in [9.17, 15) is 4.79 Å². The van der Waals surface area contributed by atoms with Gasteiger partial charge in [0, 0.05) is 66.0 Å². The van der Waals surface area contributed by atoms with E-state index in [-0.39, 0.29) is 36.4 Å². The number of rotatable bonds is 11. The molecule has 0 aliphatic carbocycles. The summed E-state index contributed by atoms with van der Waals surface area (Å²) in [5.41, 5.74) is 0. The summed E-state index contributed by atoms with van der Waals surface area (Å²) in [4.78, 5) is 20.1. The number of carbonyl (C=O) groups excluding carboxylic acids is 1. The highest BCUT2D eigenvalue weighted by atomic mass is 127. The second-order valence-corrected chi connectivity index (χ2v) is 7.42. The molecule has 10 heteroatoms. The molecular weight excluding hydrogens is 489 g/mol. The van der Waals surface area contributed by atoms with E-state index < -0.39 is 0 Å². The molecule has 0 radical (unpaired) electrons. The average molecular weight is 527 g/mol. The van der Waals surface area contributed by atoms with Crippen molar-refractivity contribution in [3.05, 3.63) is 0 Å². The van der Waals surface area contributed by atoms with E-state index in [2.05, 4.69) is 20.5 Å². The standard InChI is InChI=1S/C19H37N5O4.HI/c1-23(2)18(25)14-22-19(21-6-7-24-8-12-26-13-9-24)20-5-3-10-27-15-17-4-11-28-16-17;/h17H,3-16H2,1-2H3,(H2,20,21,22);1H. The summed E-state index contributed by atoms with van der Waals surface area (Å²) in [5.74, 6) is 1.20. The first-order valence-electron chi connectivity index (χ1n) is 10.3. The summed E-state index contributed by atoms with van der Waals surface area (Å²) in [6, 6.07) is 0. The summed E-state index contributed by atoms with van der Waals surface area (Å²) in [6.45, 7) is 9.27. The fourth-order valence-electron chi connectivity index (χ4n) is 2.97. The van der Waals surface area contributed by atoms with Gasteiger partial charge in [0.2, 0.25) is 5.91 Å². The third-order valence-corrected chi connectivity index (χ3v) is 4.83. The number of halogens is 1. The lowest BCUT2D eigenvalue weighted by atomic mass is 10.1. The molecule has 0 bridgehead atoms.